The number of nitriles is 1. The van der Waals surface area contributed by atoms with Crippen LogP contribution in [0.3, 0.4) is 0 Å². The highest BCUT2D eigenvalue weighted by atomic mass is 16.5. The minimum Gasteiger partial charge on any atom is -0.507 e. The summed E-state index contributed by atoms with van der Waals surface area (Å²) in [7, 11) is 3.20. The lowest BCUT2D eigenvalue weighted by molar-refractivity contribution is 0.414. The first kappa shape index (κ1) is 23.4. The average molecular weight is 465 g/mol. The molecule has 0 fully saturated rings. The van der Waals surface area contributed by atoms with Crippen molar-refractivity contribution in [1.82, 2.24) is 0 Å². The summed E-state index contributed by atoms with van der Waals surface area (Å²) in [6.07, 6.45) is 3.75. The number of phenols is 1. The summed E-state index contributed by atoms with van der Waals surface area (Å²) >= 11 is 0. The van der Waals surface area contributed by atoms with Crippen LogP contribution in [0.15, 0.2) is 88.8 Å². The number of furan rings is 1. The second kappa shape index (κ2) is 10.4. The number of allylic oxidation sites excluding steroid dienone is 1. The molecule has 0 saturated carbocycles. The second-order valence-electron chi connectivity index (χ2n) is 7.66. The van der Waals surface area contributed by atoms with Crippen LogP contribution in [0.1, 0.15) is 16.7 Å². The van der Waals surface area contributed by atoms with Gasteiger partial charge in [-0.25, -0.2) is 4.99 Å². The van der Waals surface area contributed by atoms with Crippen LogP contribution in [0.25, 0.3) is 22.5 Å². The molecule has 0 unspecified atom stereocenters. The lowest BCUT2D eigenvalue weighted by atomic mass is 9.98. The Bertz CT molecular complexity index is 1410. The number of para-hydroxylation sites is 1. The third-order valence-corrected chi connectivity index (χ3v) is 5.57. The number of nitrogens with zero attached hydrogens (tertiary/aromatic N) is 2. The summed E-state index contributed by atoms with van der Waals surface area (Å²) in [5.41, 5.74) is 3.72. The molecule has 0 atom stereocenters. The number of phenolic OH excluding ortho intramolecular Hbond substituents is 1. The summed E-state index contributed by atoms with van der Waals surface area (Å²) in [5.74, 6) is 2.19. The van der Waals surface area contributed by atoms with E-state index >= 15 is 0 Å². The first-order valence-electron chi connectivity index (χ1n) is 10.9. The van der Waals surface area contributed by atoms with Crippen molar-refractivity contribution in [2.75, 3.05) is 14.2 Å². The van der Waals surface area contributed by atoms with Gasteiger partial charge in [-0.1, -0.05) is 30.3 Å². The van der Waals surface area contributed by atoms with Crippen molar-refractivity contribution in [2.45, 2.75) is 6.42 Å². The number of methoxy groups -OCH3 is 2. The van der Waals surface area contributed by atoms with Crippen LogP contribution in [0.4, 0.5) is 5.88 Å². The number of hydrogen-bond acceptors (Lipinski definition) is 6. The van der Waals surface area contributed by atoms with Gasteiger partial charge in [0.15, 0.2) is 0 Å². The molecule has 0 saturated heterocycles. The molecule has 0 spiro atoms. The molecular weight excluding hydrogens is 440 g/mol. The Balaban J connectivity index is 1.86. The lowest BCUT2D eigenvalue weighted by Crippen LogP contribution is -1.88. The summed E-state index contributed by atoms with van der Waals surface area (Å²) in [6, 6.07) is 22.4. The topological polar surface area (TPSA) is 88.0 Å². The zero-order valence-electron chi connectivity index (χ0n) is 19.5. The largest absolute Gasteiger partial charge is 0.507 e. The Kier molecular flexibility index (Phi) is 6.99. The highest BCUT2D eigenvalue weighted by molar-refractivity contribution is 5.91. The molecule has 6 nitrogen and oxygen atoms in total. The lowest BCUT2D eigenvalue weighted by Gasteiger charge is -2.06. The normalized spacial score (nSPS) is 10.8. The molecule has 3 aromatic carbocycles. The number of benzene rings is 3. The van der Waals surface area contributed by atoms with Gasteiger partial charge in [0.05, 0.1) is 14.2 Å². The van der Waals surface area contributed by atoms with Crippen LogP contribution >= 0.6 is 0 Å². The van der Waals surface area contributed by atoms with Gasteiger partial charge in [-0.15, -0.1) is 6.58 Å². The van der Waals surface area contributed by atoms with Gasteiger partial charge >= 0.3 is 0 Å². The third kappa shape index (κ3) is 4.80. The highest BCUT2D eigenvalue weighted by Crippen LogP contribution is 2.43. The number of hydrogen-bond donors (Lipinski definition) is 1. The van der Waals surface area contributed by atoms with Crippen LogP contribution < -0.4 is 9.47 Å². The van der Waals surface area contributed by atoms with Crippen LogP contribution in [0.2, 0.25) is 0 Å². The Morgan fingerprint density at radius 2 is 1.60 bits per heavy atom. The first-order valence-corrected chi connectivity index (χ1v) is 10.9. The number of rotatable bonds is 8. The first-order chi connectivity index (χ1) is 17.1. The van der Waals surface area contributed by atoms with Crippen molar-refractivity contribution in [3.63, 3.8) is 0 Å². The van der Waals surface area contributed by atoms with E-state index < -0.39 is 0 Å². The highest BCUT2D eigenvalue weighted by Gasteiger charge is 2.23. The van der Waals surface area contributed by atoms with E-state index in [9.17, 15) is 10.4 Å². The molecule has 174 valence electrons. The van der Waals surface area contributed by atoms with E-state index in [0.29, 0.717) is 40.4 Å². The van der Waals surface area contributed by atoms with E-state index in [0.717, 1.165) is 16.7 Å². The molecule has 0 aliphatic carbocycles. The fourth-order valence-corrected chi connectivity index (χ4v) is 3.76. The Labute approximate surface area is 204 Å². The van der Waals surface area contributed by atoms with Gasteiger partial charge in [-0.2, -0.15) is 5.26 Å². The van der Waals surface area contributed by atoms with Crippen LogP contribution in [-0.2, 0) is 6.42 Å². The van der Waals surface area contributed by atoms with E-state index in [1.54, 1.807) is 26.4 Å². The third-order valence-electron chi connectivity index (χ3n) is 5.57. The minimum atomic E-state index is 0.118. The van der Waals surface area contributed by atoms with Gasteiger partial charge in [0.25, 0.3) is 0 Å². The van der Waals surface area contributed by atoms with Crippen molar-refractivity contribution in [2.24, 2.45) is 4.99 Å². The molecule has 4 rings (SSSR count). The van der Waals surface area contributed by atoms with Crippen LogP contribution in [-0.4, -0.2) is 25.5 Å². The summed E-state index contributed by atoms with van der Waals surface area (Å²) < 4.78 is 16.7. The van der Waals surface area contributed by atoms with Crippen molar-refractivity contribution in [3.8, 4) is 45.8 Å². The van der Waals surface area contributed by atoms with Crippen molar-refractivity contribution >= 4 is 12.1 Å². The molecule has 4 aromatic rings. The minimum absolute atomic E-state index is 0.118. The van der Waals surface area contributed by atoms with Gasteiger partial charge in [0.1, 0.15) is 34.6 Å². The van der Waals surface area contributed by atoms with E-state index in [1.807, 2.05) is 60.7 Å². The molecule has 0 bridgehead atoms. The zero-order chi connectivity index (χ0) is 24.8. The number of aromatic hydroxyl groups is 1. The Hall–Kier alpha value is -4.76. The van der Waals surface area contributed by atoms with Crippen LogP contribution in [0, 0.1) is 11.3 Å². The smallest absolute Gasteiger partial charge is 0.238 e. The molecule has 0 amide bonds. The molecule has 1 heterocycles. The maximum atomic E-state index is 10.6. The Morgan fingerprint density at radius 1 is 0.971 bits per heavy atom. The van der Waals surface area contributed by atoms with Crippen molar-refractivity contribution < 1.29 is 19.0 Å². The van der Waals surface area contributed by atoms with Gasteiger partial charge in [0.2, 0.25) is 5.88 Å². The van der Waals surface area contributed by atoms with Crippen LogP contribution in [0.5, 0.6) is 17.2 Å². The van der Waals surface area contributed by atoms with E-state index in [2.05, 4.69) is 17.6 Å². The number of aliphatic imine (C=N–C) groups is 1. The molecule has 6 heteroatoms. The molecule has 0 radical (unpaired) electrons. The summed E-state index contributed by atoms with van der Waals surface area (Å²) in [5, 5.41) is 20.7. The van der Waals surface area contributed by atoms with Gasteiger partial charge in [-0.3, -0.25) is 0 Å². The van der Waals surface area contributed by atoms with Crippen molar-refractivity contribution in [3.05, 3.63) is 96.1 Å². The average Bonchev–Trinajstić information content (AvgIpc) is 3.27. The monoisotopic (exact) mass is 464 g/mol. The Morgan fingerprint density at radius 3 is 2.17 bits per heavy atom. The summed E-state index contributed by atoms with van der Waals surface area (Å²) in [4.78, 5) is 4.46. The number of ether oxygens (including phenoxy) is 2. The predicted molar refractivity (Wildman–Crippen MR) is 137 cm³/mol. The zero-order valence-corrected chi connectivity index (χ0v) is 19.5. The van der Waals surface area contributed by atoms with Gasteiger partial charge in [0, 0.05) is 22.9 Å². The fraction of sp³-hybridized carbons (Fsp3) is 0.103. The van der Waals surface area contributed by atoms with Crippen molar-refractivity contribution in [1.29, 1.82) is 5.26 Å². The molecular formula is C29H24N2O4. The van der Waals surface area contributed by atoms with E-state index in [1.165, 1.54) is 6.21 Å². The molecule has 1 N–H and O–H groups in total. The fourth-order valence-electron chi connectivity index (χ4n) is 3.76. The van der Waals surface area contributed by atoms with Gasteiger partial charge in [-0.05, 0) is 60.0 Å². The molecule has 1 aromatic heterocycles. The maximum Gasteiger partial charge on any atom is 0.238 e. The molecule has 0 aliphatic rings. The summed E-state index contributed by atoms with van der Waals surface area (Å²) in [6.45, 7) is 3.72. The SMILES string of the molecule is C=CCc1cccc(C=Nc2oc(-c3ccc(OC)cc3)c(-c3ccc(OC)cc3)c2C#N)c1O. The second-order valence-corrected chi connectivity index (χ2v) is 7.66. The standard InChI is InChI=1S/C29H24N2O4/c1-4-6-20-7-5-8-22(27(20)32)18-31-29-25(17-30)26(19-9-13-23(33-2)14-10-19)28(35-29)21-11-15-24(34-3)16-12-21/h4-5,7-16,18,32H,1,6H2,2-3H3. The van der Waals surface area contributed by atoms with E-state index in [4.69, 9.17) is 13.9 Å². The maximum absolute atomic E-state index is 10.6. The molecule has 0 aliphatic heterocycles. The van der Waals surface area contributed by atoms with Gasteiger partial charge < -0.3 is 19.0 Å². The molecule has 35 heavy (non-hydrogen) atoms. The predicted octanol–water partition coefficient (Wildman–Crippen LogP) is 6.69. The van der Waals surface area contributed by atoms with E-state index in [-0.39, 0.29) is 11.6 Å². The quantitative estimate of drug-likeness (QED) is 0.232.